The first kappa shape index (κ1) is 20.9. The smallest absolute Gasteiger partial charge is 0.170 e. The second-order valence-electron chi connectivity index (χ2n) is 7.82. The van der Waals surface area contributed by atoms with Crippen molar-refractivity contribution in [2.75, 3.05) is 13.2 Å². The van der Waals surface area contributed by atoms with Crippen molar-refractivity contribution in [2.45, 2.75) is 40.2 Å². The molecule has 1 aromatic heterocycles. The zero-order chi connectivity index (χ0) is 21.8. The molecule has 1 aliphatic heterocycles. The number of hydrogen-bond acceptors (Lipinski definition) is 5. The minimum atomic E-state index is 0.271. The third-order valence-electron chi connectivity index (χ3n) is 5.34. The Balaban J connectivity index is 1.44. The molecule has 1 N–H and O–H groups in total. The van der Waals surface area contributed by atoms with E-state index in [1.807, 2.05) is 62.4 Å². The van der Waals surface area contributed by atoms with E-state index in [0.29, 0.717) is 30.3 Å². The lowest BCUT2D eigenvalue weighted by Crippen LogP contribution is -2.08. The highest BCUT2D eigenvalue weighted by molar-refractivity contribution is 5.83. The lowest BCUT2D eigenvalue weighted by Gasteiger charge is -2.18. The SMILES string of the molecule is CCCCOc1ccc(COc2ccc3oc(C4=C(C)C(O)=C(C)CO4)cc3c2)cc1. The molecule has 0 spiro atoms. The van der Waals surface area contributed by atoms with Crippen molar-refractivity contribution in [3.63, 3.8) is 0 Å². The van der Waals surface area contributed by atoms with Crippen molar-refractivity contribution < 1.29 is 23.7 Å². The summed E-state index contributed by atoms with van der Waals surface area (Å²) in [6.07, 6.45) is 2.18. The zero-order valence-electron chi connectivity index (χ0n) is 18.2. The summed E-state index contributed by atoms with van der Waals surface area (Å²) in [6.45, 7) is 7.40. The van der Waals surface area contributed by atoms with Crippen molar-refractivity contribution in [1.29, 1.82) is 0 Å². The Labute approximate surface area is 182 Å². The number of ether oxygens (including phenoxy) is 3. The fourth-order valence-corrected chi connectivity index (χ4v) is 3.45. The molecule has 2 aromatic carbocycles. The van der Waals surface area contributed by atoms with Gasteiger partial charge >= 0.3 is 0 Å². The molecule has 0 saturated heterocycles. The number of allylic oxidation sites excluding steroid dienone is 1. The molecule has 4 rings (SSSR count). The van der Waals surface area contributed by atoms with Crippen molar-refractivity contribution in [1.82, 2.24) is 0 Å². The lowest BCUT2D eigenvalue weighted by molar-refractivity contribution is 0.272. The van der Waals surface area contributed by atoms with Crippen LogP contribution in [0.1, 0.15) is 44.9 Å². The normalized spacial score (nSPS) is 14.2. The van der Waals surface area contributed by atoms with Gasteiger partial charge in [-0.1, -0.05) is 25.5 Å². The number of rotatable bonds is 8. The third kappa shape index (κ3) is 4.71. The average molecular weight is 421 g/mol. The second kappa shape index (κ2) is 9.21. The van der Waals surface area contributed by atoms with Gasteiger partial charge in [0.1, 0.15) is 36.1 Å². The first-order valence-corrected chi connectivity index (χ1v) is 10.7. The number of hydrogen-bond donors (Lipinski definition) is 1. The van der Waals surface area contributed by atoms with E-state index in [9.17, 15) is 5.11 Å². The van der Waals surface area contributed by atoms with Crippen LogP contribution in [0.15, 0.2) is 69.9 Å². The predicted octanol–water partition coefficient (Wildman–Crippen LogP) is 6.78. The van der Waals surface area contributed by atoms with Gasteiger partial charge in [0.2, 0.25) is 0 Å². The molecule has 0 fully saturated rings. The van der Waals surface area contributed by atoms with Gasteiger partial charge in [-0.3, -0.25) is 0 Å². The molecular weight excluding hydrogens is 392 g/mol. The molecule has 3 aromatic rings. The number of furan rings is 1. The average Bonchev–Trinajstić information content (AvgIpc) is 3.20. The predicted molar refractivity (Wildman–Crippen MR) is 121 cm³/mol. The van der Waals surface area contributed by atoms with Crippen molar-refractivity contribution in [3.05, 3.63) is 76.8 Å². The fraction of sp³-hybridized carbons (Fsp3) is 0.308. The van der Waals surface area contributed by atoms with E-state index < -0.39 is 0 Å². The molecule has 5 nitrogen and oxygen atoms in total. The Hall–Kier alpha value is -3.34. The molecule has 2 heterocycles. The highest BCUT2D eigenvalue weighted by Gasteiger charge is 2.21. The Kier molecular flexibility index (Phi) is 6.21. The second-order valence-corrected chi connectivity index (χ2v) is 7.82. The number of aliphatic hydroxyl groups is 1. The van der Waals surface area contributed by atoms with Crippen LogP contribution < -0.4 is 9.47 Å². The van der Waals surface area contributed by atoms with Crippen LogP contribution in [0.25, 0.3) is 16.7 Å². The van der Waals surface area contributed by atoms with E-state index in [1.165, 1.54) is 0 Å². The van der Waals surface area contributed by atoms with Gasteiger partial charge in [-0.25, -0.2) is 0 Å². The summed E-state index contributed by atoms with van der Waals surface area (Å²) in [4.78, 5) is 0. The van der Waals surface area contributed by atoms with E-state index in [2.05, 4.69) is 6.92 Å². The maximum absolute atomic E-state index is 10.2. The van der Waals surface area contributed by atoms with Crippen LogP contribution >= 0.6 is 0 Å². The van der Waals surface area contributed by atoms with E-state index in [4.69, 9.17) is 18.6 Å². The minimum Gasteiger partial charge on any atom is -0.507 e. The Morgan fingerprint density at radius 1 is 0.968 bits per heavy atom. The topological polar surface area (TPSA) is 61.1 Å². The zero-order valence-corrected chi connectivity index (χ0v) is 18.2. The Morgan fingerprint density at radius 3 is 2.52 bits per heavy atom. The van der Waals surface area contributed by atoms with E-state index in [-0.39, 0.29) is 5.76 Å². The number of fused-ring (bicyclic) bond motifs is 1. The fourth-order valence-electron chi connectivity index (χ4n) is 3.45. The van der Waals surface area contributed by atoms with Crippen molar-refractivity contribution in [2.24, 2.45) is 0 Å². The molecule has 5 heteroatoms. The largest absolute Gasteiger partial charge is 0.507 e. The summed E-state index contributed by atoms with van der Waals surface area (Å²) in [6, 6.07) is 15.6. The van der Waals surface area contributed by atoms with Crippen LogP contribution in [0.5, 0.6) is 11.5 Å². The maximum atomic E-state index is 10.2. The van der Waals surface area contributed by atoms with Gasteiger partial charge in [-0.05, 0) is 62.2 Å². The van der Waals surface area contributed by atoms with E-state index in [1.54, 1.807) is 0 Å². The molecule has 162 valence electrons. The molecule has 0 aliphatic carbocycles. The van der Waals surface area contributed by atoms with Gasteiger partial charge in [-0.2, -0.15) is 0 Å². The summed E-state index contributed by atoms with van der Waals surface area (Å²) < 4.78 is 23.4. The summed E-state index contributed by atoms with van der Waals surface area (Å²) in [5.74, 6) is 3.09. The molecule has 0 amide bonds. The molecule has 31 heavy (non-hydrogen) atoms. The van der Waals surface area contributed by atoms with Gasteiger partial charge in [0.05, 0.1) is 6.61 Å². The standard InChI is InChI=1S/C26H28O5/c1-4-5-12-28-21-8-6-19(7-9-21)16-29-22-10-11-23-20(13-22)14-24(31-23)26-18(3)25(27)17(2)15-30-26/h6-11,13-14,27H,4-5,12,15-16H2,1-3H3. The third-order valence-corrected chi connectivity index (χ3v) is 5.34. The lowest BCUT2D eigenvalue weighted by atomic mass is 10.1. The summed E-state index contributed by atoms with van der Waals surface area (Å²) in [5.41, 5.74) is 3.31. The molecule has 0 atom stereocenters. The minimum absolute atomic E-state index is 0.271. The van der Waals surface area contributed by atoms with Crippen molar-refractivity contribution in [3.8, 4) is 11.5 Å². The van der Waals surface area contributed by atoms with Crippen LogP contribution in [-0.2, 0) is 11.3 Å². The van der Waals surface area contributed by atoms with Gasteiger partial charge in [0.25, 0.3) is 0 Å². The quantitative estimate of drug-likeness (QED) is 0.407. The van der Waals surface area contributed by atoms with Gasteiger partial charge in [-0.15, -0.1) is 0 Å². The Morgan fingerprint density at radius 2 is 1.74 bits per heavy atom. The van der Waals surface area contributed by atoms with Crippen LogP contribution in [0.3, 0.4) is 0 Å². The maximum Gasteiger partial charge on any atom is 0.170 e. The highest BCUT2D eigenvalue weighted by Crippen LogP contribution is 2.34. The summed E-state index contributed by atoms with van der Waals surface area (Å²) in [7, 11) is 0. The van der Waals surface area contributed by atoms with Crippen LogP contribution in [0.2, 0.25) is 0 Å². The molecule has 0 bridgehead atoms. The monoisotopic (exact) mass is 420 g/mol. The molecule has 0 saturated carbocycles. The first-order chi connectivity index (χ1) is 15.0. The molecule has 0 unspecified atom stereocenters. The number of benzene rings is 2. The van der Waals surface area contributed by atoms with Crippen molar-refractivity contribution >= 4 is 16.7 Å². The number of aliphatic hydroxyl groups excluding tert-OH is 1. The van der Waals surface area contributed by atoms with E-state index in [0.717, 1.165) is 53.1 Å². The van der Waals surface area contributed by atoms with Crippen LogP contribution in [0.4, 0.5) is 0 Å². The Bertz CT molecular complexity index is 1120. The summed E-state index contributed by atoms with van der Waals surface area (Å²) >= 11 is 0. The number of unbranched alkanes of at least 4 members (excludes halogenated alkanes) is 1. The van der Waals surface area contributed by atoms with Gasteiger partial charge in [0, 0.05) is 16.5 Å². The molecule has 1 aliphatic rings. The van der Waals surface area contributed by atoms with Crippen LogP contribution in [-0.4, -0.2) is 18.3 Å². The summed E-state index contributed by atoms with van der Waals surface area (Å²) in [5, 5.41) is 11.1. The first-order valence-electron chi connectivity index (χ1n) is 10.7. The molecular formula is C26H28O5. The van der Waals surface area contributed by atoms with E-state index >= 15 is 0 Å². The molecule has 0 radical (unpaired) electrons. The van der Waals surface area contributed by atoms with Crippen LogP contribution in [0, 0.1) is 0 Å². The highest BCUT2D eigenvalue weighted by atomic mass is 16.5. The van der Waals surface area contributed by atoms with Gasteiger partial charge < -0.3 is 23.7 Å². The van der Waals surface area contributed by atoms with Gasteiger partial charge in [0.15, 0.2) is 11.5 Å².